The molecule has 2 aliphatic heterocycles. The van der Waals surface area contributed by atoms with Crippen molar-refractivity contribution in [1.29, 1.82) is 0 Å². The minimum atomic E-state index is 0.180. The first-order chi connectivity index (χ1) is 13.8. The number of thiazole rings is 1. The summed E-state index contributed by atoms with van der Waals surface area (Å²) in [6, 6.07) is 14.2. The molecule has 0 aliphatic carbocycles. The Morgan fingerprint density at radius 1 is 1.11 bits per heavy atom. The molecule has 5 nitrogen and oxygen atoms in total. The Balaban J connectivity index is 1.22. The molecule has 0 atom stereocenters. The lowest BCUT2D eigenvalue weighted by molar-refractivity contribution is -0.132. The lowest BCUT2D eigenvalue weighted by Gasteiger charge is -2.29. The predicted octanol–water partition coefficient (Wildman–Crippen LogP) is 4.06. The standard InChI is InChI=1S/C22H20N2O3S/c25-22(7-6-21-23-18(13-28-21)15-4-2-1-3-5-15)24-9-8-16-10-19-20(27-14-26-19)11-17(16)12-24/h1-5,10-11,13H,6-9,12,14H2. The smallest absolute Gasteiger partial charge is 0.231 e. The third kappa shape index (κ3) is 3.36. The molecule has 1 aromatic heterocycles. The zero-order valence-electron chi connectivity index (χ0n) is 15.4. The molecule has 0 saturated carbocycles. The third-order valence-corrected chi connectivity index (χ3v) is 6.14. The van der Waals surface area contributed by atoms with Crippen LogP contribution in [0.25, 0.3) is 11.3 Å². The van der Waals surface area contributed by atoms with E-state index in [0.717, 1.165) is 46.3 Å². The van der Waals surface area contributed by atoms with E-state index >= 15 is 0 Å². The number of hydrogen-bond donors (Lipinski definition) is 0. The van der Waals surface area contributed by atoms with Crippen LogP contribution >= 0.6 is 11.3 Å². The topological polar surface area (TPSA) is 51.7 Å². The predicted molar refractivity (Wildman–Crippen MR) is 108 cm³/mol. The number of hydrogen-bond acceptors (Lipinski definition) is 5. The van der Waals surface area contributed by atoms with Crippen LogP contribution < -0.4 is 9.47 Å². The average Bonchev–Trinajstić information content (AvgIpc) is 3.39. The van der Waals surface area contributed by atoms with E-state index in [9.17, 15) is 4.79 Å². The summed E-state index contributed by atoms with van der Waals surface area (Å²) < 4.78 is 10.9. The summed E-state index contributed by atoms with van der Waals surface area (Å²) in [6.45, 7) is 1.66. The fourth-order valence-electron chi connectivity index (χ4n) is 3.70. The Kier molecular flexibility index (Phi) is 4.49. The molecule has 0 spiro atoms. The second kappa shape index (κ2) is 7.28. The summed E-state index contributed by atoms with van der Waals surface area (Å²) in [4.78, 5) is 19.4. The van der Waals surface area contributed by atoms with E-state index in [1.807, 2.05) is 29.2 Å². The summed E-state index contributed by atoms with van der Waals surface area (Å²) in [6.07, 6.45) is 2.02. The molecule has 2 aliphatic rings. The van der Waals surface area contributed by atoms with Crippen molar-refractivity contribution in [2.24, 2.45) is 0 Å². The fraction of sp³-hybridized carbons (Fsp3) is 0.273. The van der Waals surface area contributed by atoms with Crippen LogP contribution in [-0.4, -0.2) is 29.1 Å². The molecule has 28 heavy (non-hydrogen) atoms. The molecule has 3 heterocycles. The van der Waals surface area contributed by atoms with E-state index in [1.165, 1.54) is 5.56 Å². The molecule has 5 rings (SSSR count). The highest BCUT2D eigenvalue weighted by Gasteiger charge is 2.24. The van der Waals surface area contributed by atoms with Gasteiger partial charge >= 0.3 is 0 Å². The molecule has 142 valence electrons. The highest BCUT2D eigenvalue weighted by Crippen LogP contribution is 2.36. The van der Waals surface area contributed by atoms with E-state index in [2.05, 4.69) is 23.6 Å². The van der Waals surface area contributed by atoms with Gasteiger partial charge in [-0.15, -0.1) is 11.3 Å². The molecule has 0 fully saturated rings. The van der Waals surface area contributed by atoms with Crippen LogP contribution in [0.15, 0.2) is 47.8 Å². The van der Waals surface area contributed by atoms with Gasteiger partial charge in [0.15, 0.2) is 11.5 Å². The van der Waals surface area contributed by atoms with Crippen molar-refractivity contribution >= 4 is 17.2 Å². The van der Waals surface area contributed by atoms with Crippen LogP contribution in [0.2, 0.25) is 0 Å². The quantitative estimate of drug-likeness (QED) is 0.672. The van der Waals surface area contributed by atoms with Gasteiger partial charge in [0.1, 0.15) is 0 Å². The SMILES string of the molecule is O=C(CCc1nc(-c2ccccc2)cs1)N1CCc2cc3c(cc2C1)OCO3. The minimum Gasteiger partial charge on any atom is -0.454 e. The van der Waals surface area contributed by atoms with Crippen LogP contribution in [0, 0.1) is 0 Å². The van der Waals surface area contributed by atoms with Crippen molar-refractivity contribution in [3.8, 4) is 22.8 Å². The maximum atomic E-state index is 12.7. The van der Waals surface area contributed by atoms with Crippen molar-refractivity contribution in [3.63, 3.8) is 0 Å². The Morgan fingerprint density at radius 3 is 2.71 bits per heavy atom. The Bertz CT molecular complexity index is 1020. The first-order valence-corrected chi connectivity index (χ1v) is 10.3. The monoisotopic (exact) mass is 392 g/mol. The van der Waals surface area contributed by atoms with Crippen LogP contribution in [0.1, 0.15) is 22.6 Å². The number of fused-ring (bicyclic) bond motifs is 2. The number of benzene rings is 2. The molecule has 0 unspecified atom stereocenters. The van der Waals surface area contributed by atoms with E-state index < -0.39 is 0 Å². The van der Waals surface area contributed by atoms with Gasteiger partial charge in [0.25, 0.3) is 0 Å². The largest absolute Gasteiger partial charge is 0.454 e. The lowest BCUT2D eigenvalue weighted by atomic mass is 9.98. The highest BCUT2D eigenvalue weighted by atomic mass is 32.1. The van der Waals surface area contributed by atoms with Crippen molar-refractivity contribution in [1.82, 2.24) is 9.88 Å². The maximum absolute atomic E-state index is 12.7. The van der Waals surface area contributed by atoms with Gasteiger partial charge in [-0.2, -0.15) is 0 Å². The second-order valence-electron chi connectivity index (χ2n) is 7.03. The van der Waals surface area contributed by atoms with E-state index in [4.69, 9.17) is 14.5 Å². The maximum Gasteiger partial charge on any atom is 0.231 e. The Hall–Kier alpha value is -2.86. The summed E-state index contributed by atoms with van der Waals surface area (Å²) in [5.41, 5.74) is 4.50. The lowest BCUT2D eigenvalue weighted by Crippen LogP contribution is -2.36. The number of aryl methyl sites for hydroxylation is 1. The van der Waals surface area contributed by atoms with Gasteiger partial charge in [-0.1, -0.05) is 30.3 Å². The van der Waals surface area contributed by atoms with Crippen LogP contribution in [0.4, 0.5) is 0 Å². The molecule has 0 bridgehead atoms. The first-order valence-electron chi connectivity index (χ1n) is 9.45. The number of aromatic nitrogens is 1. The molecule has 3 aromatic rings. The number of carbonyl (C=O) groups excluding carboxylic acids is 1. The second-order valence-corrected chi connectivity index (χ2v) is 7.97. The average molecular weight is 392 g/mol. The first kappa shape index (κ1) is 17.3. The number of carbonyl (C=O) groups is 1. The third-order valence-electron chi connectivity index (χ3n) is 5.23. The summed E-state index contributed by atoms with van der Waals surface area (Å²) in [5.74, 6) is 1.78. The Morgan fingerprint density at radius 2 is 1.89 bits per heavy atom. The van der Waals surface area contributed by atoms with Gasteiger partial charge < -0.3 is 14.4 Å². The number of ether oxygens (including phenoxy) is 2. The van der Waals surface area contributed by atoms with Crippen LogP contribution in [0.3, 0.4) is 0 Å². The molecular weight excluding hydrogens is 372 g/mol. The number of rotatable bonds is 4. The number of nitrogens with zero attached hydrogens (tertiary/aromatic N) is 2. The zero-order valence-corrected chi connectivity index (χ0v) is 16.2. The molecule has 0 radical (unpaired) electrons. The van der Waals surface area contributed by atoms with E-state index in [-0.39, 0.29) is 12.7 Å². The molecular formula is C22H20N2O3S. The molecule has 6 heteroatoms. The van der Waals surface area contributed by atoms with E-state index in [0.29, 0.717) is 19.4 Å². The van der Waals surface area contributed by atoms with Crippen LogP contribution in [-0.2, 0) is 24.2 Å². The highest BCUT2D eigenvalue weighted by molar-refractivity contribution is 7.09. The van der Waals surface area contributed by atoms with Gasteiger partial charge in [0.2, 0.25) is 12.7 Å². The summed E-state index contributed by atoms with van der Waals surface area (Å²) >= 11 is 1.62. The van der Waals surface area contributed by atoms with Gasteiger partial charge in [0, 0.05) is 36.9 Å². The van der Waals surface area contributed by atoms with Crippen molar-refractivity contribution < 1.29 is 14.3 Å². The number of amides is 1. The van der Waals surface area contributed by atoms with Crippen molar-refractivity contribution in [2.45, 2.75) is 25.8 Å². The van der Waals surface area contributed by atoms with Gasteiger partial charge in [0.05, 0.1) is 10.7 Å². The minimum absolute atomic E-state index is 0.180. The van der Waals surface area contributed by atoms with E-state index in [1.54, 1.807) is 11.3 Å². The molecule has 0 saturated heterocycles. The Labute approximate surface area is 167 Å². The van der Waals surface area contributed by atoms with Crippen molar-refractivity contribution in [2.75, 3.05) is 13.3 Å². The van der Waals surface area contributed by atoms with Crippen LogP contribution in [0.5, 0.6) is 11.5 Å². The molecule has 2 aromatic carbocycles. The van der Waals surface area contributed by atoms with Gasteiger partial charge in [-0.25, -0.2) is 4.98 Å². The summed E-state index contributed by atoms with van der Waals surface area (Å²) in [5, 5.41) is 3.07. The van der Waals surface area contributed by atoms with Crippen molar-refractivity contribution in [3.05, 3.63) is 64.0 Å². The molecule has 1 amide bonds. The zero-order chi connectivity index (χ0) is 18.9. The fourth-order valence-corrected chi connectivity index (χ4v) is 4.51. The normalized spacial score (nSPS) is 14.8. The van der Waals surface area contributed by atoms with Gasteiger partial charge in [-0.05, 0) is 29.7 Å². The summed E-state index contributed by atoms with van der Waals surface area (Å²) in [7, 11) is 0. The van der Waals surface area contributed by atoms with Gasteiger partial charge in [-0.3, -0.25) is 4.79 Å². The molecule has 0 N–H and O–H groups in total.